The van der Waals surface area contributed by atoms with Crippen LogP contribution in [-0.2, 0) is 16.1 Å². The Morgan fingerprint density at radius 2 is 1.88 bits per heavy atom. The molecule has 1 aromatic carbocycles. The molecule has 2 fully saturated rings. The van der Waals surface area contributed by atoms with E-state index in [1.165, 1.54) is 0 Å². The van der Waals surface area contributed by atoms with Gasteiger partial charge in [0.1, 0.15) is 18.4 Å². The minimum absolute atomic E-state index is 0.0229. The molecule has 2 saturated heterocycles. The first-order valence-electron chi connectivity index (χ1n) is 11.6. The van der Waals surface area contributed by atoms with E-state index in [9.17, 15) is 5.11 Å². The van der Waals surface area contributed by atoms with E-state index in [2.05, 4.69) is 26.5 Å². The zero-order valence-electron chi connectivity index (χ0n) is 18.6. The zero-order chi connectivity index (χ0) is 21.9. The fourth-order valence-electron chi connectivity index (χ4n) is 4.74. The standard InChI is InChI=1S/C24H31N5O3/c1-28(14-17-9-12-31-13-10-17)23-21-24(26-16-25-23)29(20-4-2-3-11-32-20)22(27-21)19-7-5-18(15-30)6-8-19/h5-8,16-17,20,30H,2-4,9-15H2,1H3. The predicted molar refractivity (Wildman–Crippen MR) is 122 cm³/mol. The summed E-state index contributed by atoms with van der Waals surface area (Å²) in [6, 6.07) is 7.88. The van der Waals surface area contributed by atoms with Crippen LogP contribution in [-0.4, -0.2) is 58.0 Å². The maximum absolute atomic E-state index is 9.43. The summed E-state index contributed by atoms with van der Waals surface area (Å²) in [7, 11) is 2.09. The van der Waals surface area contributed by atoms with Crippen LogP contribution in [0.25, 0.3) is 22.6 Å². The Hall–Kier alpha value is -2.55. The molecule has 1 N–H and O–H groups in total. The van der Waals surface area contributed by atoms with Gasteiger partial charge in [0.15, 0.2) is 17.0 Å². The third kappa shape index (κ3) is 4.22. The highest BCUT2D eigenvalue weighted by molar-refractivity contribution is 5.87. The molecule has 8 nitrogen and oxygen atoms in total. The Morgan fingerprint density at radius 3 is 2.59 bits per heavy atom. The van der Waals surface area contributed by atoms with Gasteiger partial charge in [-0.15, -0.1) is 0 Å². The summed E-state index contributed by atoms with van der Waals surface area (Å²) in [4.78, 5) is 16.5. The highest BCUT2D eigenvalue weighted by atomic mass is 16.5. The lowest BCUT2D eigenvalue weighted by atomic mass is 10.00. The SMILES string of the molecule is CN(CC1CCOCC1)c1ncnc2c1nc(-c1ccc(CO)cc1)n2C1CCCCO1. The number of rotatable bonds is 6. The predicted octanol–water partition coefficient (Wildman–Crippen LogP) is 3.55. The van der Waals surface area contributed by atoms with E-state index in [4.69, 9.17) is 14.5 Å². The van der Waals surface area contributed by atoms with Crippen molar-refractivity contribution in [2.75, 3.05) is 38.3 Å². The maximum Gasteiger partial charge on any atom is 0.168 e. The van der Waals surface area contributed by atoms with Gasteiger partial charge in [0.25, 0.3) is 0 Å². The van der Waals surface area contributed by atoms with Crippen molar-refractivity contribution >= 4 is 17.0 Å². The van der Waals surface area contributed by atoms with Crippen LogP contribution in [0, 0.1) is 5.92 Å². The van der Waals surface area contributed by atoms with E-state index in [0.717, 1.165) is 92.4 Å². The topological polar surface area (TPSA) is 85.5 Å². The molecule has 5 rings (SSSR count). The zero-order valence-corrected chi connectivity index (χ0v) is 18.6. The number of benzene rings is 1. The lowest BCUT2D eigenvalue weighted by molar-refractivity contribution is -0.0287. The van der Waals surface area contributed by atoms with E-state index in [0.29, 0.717) is 5.92 Å². The Morgan fingerprint density at radius 1 is 1.06 bits per heavy atom. The smallest absolute Gasteiger partial charge is 0.168 e. The molecular formula is C24H31N5O3. The van der Waals surface area contributed by atoms with Crippen LogP contribution >= 0.6 is 0 Å². The molecular weight excluding hydrogens is 406 g/mol. The van der Waals surface area contributed by atoms with E-state index >= 15 is 0 Å². The molecule has 0 saturated carbocycles. The molecule has 0 radical (unpaired) electrons. The molecule has 2 aliphatic rings. The molecule has 0 amide bonds. The lowest BCUT2D eigenvalue weighted by Crippen LogP contribution is -2.30. The average Bonchev–Trinajstić information content (AvgIpc) is 3.25. The number of aromatic nitrogens is 4. The average molecular weight is 438 g/mol. The van der Waals surface area contributed by atoms with Crippen LogP contribution in [0.4, 0.5) is 5.82 Å². The molecule has 1 unspecified atom stereocenters. The van der Waals surface area contributed by atoms with Gasteiger partial charge in [0, 0.05) is 39.0 Å². The molecule has 4 heterocycles. The number of anilines is 1. The van der Waals surface area contributed by atoms with Gasteiger partial charge in [-0.25, -0.2) is 15.0 Å². The van der Waals surface area contributed by atoms with E-state index in [-0.39, 0.29) is 12.8 Å². The van der Waals surface area contributed by atoms with Crippen molar-refractivity contribution in [3.05, 3.63) is 36.2 Å². The Balaban J connectivity index is 1.57. The molecule has 1 atom stereocenters. The quantitative estimate of drug-likeness (QED) is 0.631. The van der Waals surface area contributed by atoms with Crippen molar-refractivity contribution in [1.29, 1.82) is 0 Å². The second-order valence-electron chi connectivity index (χ2n) is 8.79. The van der Waals surface area contributed by atoms with Crippen molar-refractivity contribution in [2.24, 2.45) is 5.92 Å². The highest BCUT2D eigenvalue weighted by Crippen LogP contribution is 2.35. The van der Waals surface area contributed by atoms with Crippen LogP contribution in [0.5, 0.6) is 0 Å². The van der Waals surface area contributed by atoms with Gasteiger partial charge in [-0.3, -0.25) is 4.57 Å². The summed E-state index contributed by atoms with van der Waals surface area (Å²) < 4.78 is 13.8. The number of fused-ring (bicyclic) bond motifs is 1. The van der Waals surface area contributed by atoms with Crippen molar-refractivity contribution in [3.63, 3.8) is 0 Å². The lowest BCUT2D eigenvalue weighted by Gasteiger charge is -2.28. The largest absolute Gasteiger partial charge is 0.392 e. The minimum Gasteiger partial charge on any atom is -0.392 e. The normalized spacial score (nSPS) is 20.0. The Bertz CT molecular complexity index is 1040. The van der Waals surface area contributed by atoms with Gasteiger partial charge in [0.2, 0.25) is 0 Å². The molecule has 3 aromatic rings. The summed E-state index contributed by atoms with van der Waals surface area (Å²) in [5.41, 5.74) is 3.47. The maximum atomic E-state index is 9.43. The summed E-state index contributed by atoms with van der Waals surface area (Å²) in [6.45, 7) is 3.35. The second-order valence-corrected chi connectivity index (χ2v) is 8.79. The number of imidazole rings is 1. The minimum atomic E-state index is -0.0928. The van der Waals surface area contributed by atoms with Crippen molar-refractivity contribution in [1.82, 2.24) is 19.5 Å². The number of ether oxygens (including phenoxy) is 2. The third-order valence-electron chi connectivity index (χ3n) is 6.53. The molecule has 170 valence electrons. The van der Waals surface area contributed by atoms with Gasteiger partial charge in [-0.05, 0) is 43.6 Å². The number of aliphatic hydroxyl groups is 1. The number of nitrogens with zero attached hydrogens (tertiary/aromatic N) is 5. The fourth-order valence-corrected chi connectivity index (χ4v) is 4.74. The molecule has 32 heavy (non-hydrogen) atoms. The third-order valence-corrected chi connectivity index (χ3v) is 6.53. The molecule has 2 aliphatic heterocycles. The second kappa shape index (κ2) is 9.52. The van der Waals surface area contributed by atoms with Crippen molar-refractivity contribution in [3.8, 4) is 11.4 Å². The van der Waals surface area contributed by atoms with Gasteiger partial charge in [-0.2, -0.15) is 0 Å². The first-order chi connectivity index (χ1) is 15.7. The van der Waals surface area contributed by atoms with Crippen molar-refractivity contribution in [2.45, 2.75) is 44.9 Å². The van der Waals surface area contributed by atoms with Gasteiger partial charge in [-0.1, -0.05) is 24.3 Å². The van der Waals surface area contributed by atoms with Crippen molar-refractivity contribution < 1.29 is 14.6 Å². The van der Waals surface area contributed by atoms with Crippen LogP contribution in [0.15, 0.2) is 30.6 Å². The number of hydrogen-bond donors (Lipinski definition) is 1. The molecule has 2 aromatic heterocycles. The summed E-state index contributed by atoms with van der Waals surface area (Å²) in [5, 5.41) is 9.43. The Kier molecular flexibility index (Phi) is 6.34. The first-order valence-corrected chi connectivity index (χ1v) is 11.6. The van der Waals surface area contributed by atoms with E-state index < -0.39 is 0 Å². The fraction of sp³-hybridized carbons (Fsp3) is 0.542. The van der Waals surface area contributed by atoms with Gasteiger partial charge in [0.05, 0.1) is 6.61 Å². The van der Waals surface area contributed by atoms with Crippen LogP contribution in [0.3, 0.4) is 0 Å². The molecule has 0 spiro atoms. The summed E-state index contributed by atoms with van der Waals surface area (Å²) in [5.74, 6) is 2.27. The Labute approximate surface area is 188 Å². The number of hydrogen-bond acceptors (Lipinski definition) is 7. The van der Waals surface area contributed by atoms with Gasteiger partial charge < -0.3 is 19.5 Å². The molecule has 8 heteroatoms. The summed E-state index contributed by atoms with van der Waals surface area (Å²) in [6.07, 6.45) is 6.83. The first kappa shape index (κ1) is 21.3. The molecule has 0 aliphatic carbocycles. The van der Waals surface area contributed by atoms with Crippen LogP contribution in [0.2, 0.25) is 0 Å². The van der Waals surface area contributed by atoms with E-state index in [1.807, 2.05) is 24.3 Å². The molecule has 0 bridgehead atoms. The van der Waals surface area contributed by atoms with Crippen LogP contribution in [0.1, 0.15) is 43.9 Å². The van der Waals surface area contributed by atoms with E-state index in [1.54, 1.807) is 6.33 Å². The summed E-state index contributed by atoms with van der Waals surface area (Å²) >= 11 is 0. The van der Waals surface area contributed by atoms with Gasteiger partial charge >= 0.3 is 0 Å². The number of aliphatic hydroxyl groups excluding tert-OH is 1. The monoisotopic (exact) mass is 437 g/mol. The van der Waals surface area contributed by atoms with Crippen LogP contribution < -0.4 is 4.90 Å². The highest BCUT2D eigenvalue weighted by Gasteiger charge is 2.27.